The van der Waals surface area contributed by atoms with Crippen molar-refractivity contribution in [2.24, 2.45) is 0 Å². The van der Waals surface area contributed by atoms with Crippen molar-refractivity contribution in [3.8, 4) is 0 Å². The number of carbonyl (C=O) groups excluding carboxylic acids is 1. The number of hydrazine groups is 1. The summed E-state index contributed by atoms with van der Waals surface area (Å²) < 4.78 is 25.6. The van der Waals surface area contributed by atoms with Gasteiger partial charge in [-0.2, -0.15) is 0 Å². The molecule has 1 aliphatic heterocycles. The molecular formula is C15H28BN3O3S. The first-order valence-corrected chi connectivity index (χ1v) is 10.0. The second-order valence-electron chi connectivity index (χ2n) is 7.25. The van der Waals surface area contributed by atoms with Gasteiger partial charge in [-0.3, -0.25) is 0 Å². The van der Waals surface area contributed by atoms with Crippen LogP contribution in [0.25, 0.3) is 0 Å². The summed E-state index contributed by atoms with van der Waals surface area (Å²) in [5.41, 5.74) is -0.518. The summed E-state index contributed by atoms with van der Waals surface area (Å²) in [6.07, 6.45) is 4.36. The largest absolute Gasteiger partial charge is 0.336 e. The summed E-state index contributed by atoms with van der Waals surface area (Å²) in [6.45, 7) is 6.09. The predicted octanol–water partition coefficient (Wildman–Crippen LogP) is 1.99. The highest BCUT2D eigenvalue weighted by Gasteiger charge is 2.46. The lowest BCUT2D eigenvalue weighted by Crippen LogP contribution is -2.67. The molecule has 0 bridgehead atoms. The van der Waals surface area contributed by atoms with E-state index in [0.29, 0.717) is 6.54 Å². The zero-order valence-corrected chi connectivity index (χ0v) is 15.5. The van der Waals surface area contributed by atoms with Crippen molar-refractivity contribution in [3.05, 3.63) is 0 Å². The molecule has 1 saturated carbocycles. The zero-order valence-electron chi connectivity index (χ0n) is 14.7. The minimum absolute atomic E-state index is 0.0261. The van der Waals surface area contributed by atoms with E-state index >= 15 is 0 Å². The Balaban J connectivity index is 2.23. The molecule has 2 fully saturated rings. The molecule has 1 heterocycles. The van der Waals surface area contributed by atoms with E-state index in [1.54, 1.807) is 6.92 Å². The summed E-state index contributed by atoms with van der Waals surface area (Å²) in [5.74, 6) is 0.198. The van der Waals surface area contributed by atoms with E-state index in [2.05, 4.69) is 0 Å². The standard InChI is InChI=1S/C15H28BN3O3S/c1-5-23(21,22)17(4)19-14(20)18(11-10-15(19,2)3)13-8-6-12(16)7-9-13/h12-13H,5-11H2,1-4H3. The van der Waals surface area contributed by atoms with Crippen LogP contribution in [0.5, 0.6) is 0 Å². The fourth-order valence-electron chi connectivity index (χ4n) is 3.54. The fourth-order valence-corrected chi connectivity index (χ4v) is 4.45. The molecule has 2 rings (SSSR count). The molecule has 130 valence electrons. The van der Waals surface area contributed by atoms with Crippen molar-refractivity contribution >= 4 is 23.9 Å². The molecular weight excluding hydrogens is 313 g/mol. The Morgan fingerprint density at radius 1 is 1.26 bits per heavy atom. The van der Waals surface area contributed by atoms with E-state index in [4.69, 9.17) is 7.85 Å². The number of amides is 2. The van der Waals surface area contributed by atoms with Crippen LogP contribution >= 0.6 is 0 Å². The molecule has 0 unspecified atom stereocenters. The number of carbonyl (C=O) groups is 1. The first-order chi connectivity index (χ1) is 10.6. The molecule has 0 spiro atoms. The summed E-state index contributed by atoms with van der Waals surface area (Å²) in [6, 6.07) is -0.0418. The van der Waals surface area contributed by atoms with Gasteiger partial charge in [-0.05, 0) is 40.0 Å². The molecule has 0 aromatic rings. The van der Waals surface area contributed by atoms with E-state index in [0.717, 1.165) is 36.5 Å². The van der Waals surface area contributed by atoms with Gasteiger partial charge in [0.2, 0.25) is 10.0 Å². The molecule has 23 heavy (non-hydrogen) atoms. The lowest BCUT2D eigenvalue weighted by molar-refractivity contribution is -0.0362. The number of nitrogens with zero attached hydrogens (tertiary/aromatic N) is 3. The Hall–Kier alpha value is -0.755. The van der Waals surface area contributed by atoms with Crippen LogP contribution in [0.4, 0.5) is 4.79 Å². The maximum Gasteiger partial charge on any atom is 0.336 e. The van der Waals surface area contributed by atoms with Gasteiger partial charge in [0, 0.05) is 19.6 Å². The van der Waals surface area contributed by atoms with Gasteiger partial charge in [-0.15, -0.1) is 4.41 Å². The van der Waals surface area contributed by atoms with Crippen molar-refractivity contribution in [3.63, 3.8) is 0 Å². The Kier molecular flexibility index (Phi) is 5.35. The third kappa shape index (κ3) is 3.68. The second-order valence-corrected chi connectivity index (χ2v) is 9.52. The molecule has 0 atom stereocenters. The van der Waals surface area contributed by atoms with Crippen LogP contribution in [0.2, 0.25) is 5.82 Å². The molecule has 6 nitrogen and oxygen atoms in total. The molecule has 1 saturated heterocycles. The van der Waals surface area contributed by atoms with E-state index in [1.165, 1.54) is 12.1 Å². The fraction of sp³-hybridized carbons (Fsp3) is 0.933. The van der Waals surface area contributed by atoms with E-state index in [-0.39, 0.29) is 23.6 Å². The average molecular weight is 341 g/mol. The van der Waals surface area contributed by atoms with Crippen LogP contribution in [-0.2, 0) is 10.0 Å². The van der Waals surface area contributed by atoms with Gasteiger partial charge in [0.05, 0.1) is 19.1 Å². The maximum absolute atomic E-state index is 13.0. The van der Waals surface area contributed by atoms with Crippen molar-refractivity contribution in [1.29, 1.82) is 0 Å². The average Bonchev–Trinajstić information content (AvgIpc) is 2.48. The predicted molar refractivity (Wildman–Crippen MR) is 91.6 cm³/mol. The molecule has 2 radical (unpaired) electrons. The third-order valence-corrected chi connectivity index (χ3v) is 6.89. The van der Waals surface area contributed by atoms with E-state index in [1.807, 2.05) is 18.7 Å². The number of sulfonamides is 1. The Labute approximate surface area is 141 Å². The molecule has 0 aromatic carbocycles. The minimum Gasteiger partial charge on any atom is -0.320 e. The van der Waals surface area contributed by atoms with Crippen molar-refractivity contribution < 1.29 is 13.2 Å². The molecule has 2 amide bonds. The summed E-state index contributed by atoms with van der Waals surface area (Å²) in [7, 11) is 3.95. The van der Waals surface area contributed by atoms with Gasteiger partial charge in [0.1, 0.15) is 0 Å². The molecule has 0 N–H and O–H groups in total. The van der Waals surface area contributed by atoms with Crippen molar-refractivity contribution in [1.82, 2.24) is 14.3 Å². The van der Waals surface area contributed by atoms with Crippen LogP contribution in [-0.4, -0.2) is 67.5 Å². The lowest BCUT2D eigenvalue weighted by Gasteiger charge is -2.51. The highest BCUT2D eigenvalue weighted by molar-refractivity contribution is 7.88. The number of urea groups is 1. The maximum atomic E-state index is 13.0. The van der Waals surface area contributed by atoms with Crippen LogP contribution < -0.4 is 0 Å². The monoisotopic (exact) mass is 341 g/mol. The quantitative estimate of drug-likeness (QED) is 0.735. The van der Waals surface area contributed by atoms with Crippen LogP contribution in [0.15, 0.2) is 0 Å². The van der Waals surface area contributed by atoms with Gasteiger partial charge < -0.3 is 4.90 Å². The van der Waals surface area contributed by atoms with Gasteiger partial charge in [0.15, 0.2) is 0 Å². The second kappa shape index (κ2) is 6.63. The number of hydrogen-bond donors (Lipinski definition) is 0. The Morgan fingerprint density at radius 3 is 2.35 bits per heavy atom. The van der Waals surface area contributed by atoms with Crippen molar-refractivity contribution in [2.45, 2.75) is 70.3 Å². The van der Waals surface area contributed by atoms with Gasteiger partial charge in [-0.25, -0.2) is 18.2 Å². The SMILES string of the molecule is [B]C1CCC(N2CCC(C)(C)N(N(C)S(=O)(=O)CC)C2=O)CC1. The van der Waals surface area contributed by atoms with E-state index in [9.17, 15) is 13.2 Å². The van der Waals surface area contributed by atoms with Crippen LogP contribution in [0, 0.1) is 0 Å². The number of rotatable bonds is 4. The van der Waals surface area contributed by atoms with Crippen LogP contribution in [0.3, 0.4) is 0 Å². The van der Waals surface area contributed by atoms with Crippen molar-refractivity contribution in [2.75, 3.05) is 19.3 Å². The zero-order chi connectivity index (χ0) is 17.4. The summed E-state index contributed by atoms with van der Waals surface area (Å²) in [5, 5.41) is 1.42. The van der Waals surface area contributed by atoms with Gasteiger partial charge in [0.25, 0.3) is 0 Å². The lowest BCUT2D eigenvalue weighted by atomic mass is 9.73. The third-order valence-electron chi connectivity index (χ3n) is 5.20. The van der Waals surface area contributed by atoms with E-state index < -0.39 is 15.6 Å². The topological polar surface area (TPSA) is 60.9 Å². The molecule has 0 aromatic heterocycles. The Bertz CT molecular complexity index is 544. The first kappa shape index (κ1) is 18.6. The van der Waals surface area contributed by atoms with Gasteiger partial charge >= 0.3 is 6.03 Å². The Morgan fingerprint density at radius 2 is 1.83 bits per heavy atom. The summed E-state index contributed by atoms with van der Waals surface area (Å²) >= 11 is 0. The summed E-state index contributed by atoms with van der Waals surface area (Å²) in [4.78, 5) is 14.9. The molecule has 1 aliphatic carbocycles. The normalized spacial score (nSPS) is 29.2. The highest BCUT2D eigenvalue weighted by Crippen LogP contribution is 2.35. The molecule has 2 aliphatic rings. The first-order valence-electron chi connectivity index (χ1n) is 8.43. The smallest absolute Gasteiger partial charge is 0.320 e. The highest BCUT2D eigenvalue weighted by atomic mass is 32.2. The van der Waals surface area contributed by atoms with Gasteiger partial charge in [-0.1, -0.05) is 18.7 Å². The minimum atomic E-state index is -3.47. The number of hydrogen-bond acceptors (Lipinski definition) is 3. The molecule has 8 heteroatoms. The van der Waals surface area contributed by atoms with Crippen LogP contribution in [0.1, 0.15) is 52.9 Å².